The quantitative estimate of drug-likeness (QED) is 0.137. The molecule has 1 saturated heterocycles. The number of nitrogens with two attached hydrogens (primary N) is 3. The van der Waals surface area contributed by atoms with Crippen molar-refractivity contribution >= 4 is 29.6 Å². The molecule has 0 aliphatic carbocycles. The number of aliphatic hydroxyl groups is 1. The van der Waals surface area contributed by atoms with Gasteiger partial charge in [-0.15, -0.1) is 0 Å². The van der Waals surface area contributed by atoms with E-state index in [1.807, 2.05) is 0 Å². The number of aliphatic carboxylic acids is 1. The molecule has 4 amide bonds. The van der Waals surface area contributed by atoms with Crippen LogP contribution in [0, 0.1) is 0 Å². The lowest BCUT2D eigenvalue weighted by Crippen LogP contribution is -2.58. The Kier molecular flexibility index (Phi) is 11.0. The minimum atomic E-state index is -1.42. The van der Waals surface area contributed by atoms with E-state index in [4.69, 9.17) is 17.2 Å². The Balaban J connectivity index is 2.89. The molecule has 0 bridgehead atoms. The topological polar surface area (TPSA) is 231 Å². The van der Waals surface area contributed by atoms with Crippen LogP contribution in [-0.4, -0.2) is 88.1 Å². The Bertz CT molecular complexity index is 702. The van der Waals surface area contributed by atoms with Crippen molar-refractivity contribution in [1.82, 2.24) is 15.5 Å². The van der Waals surface area contributed by atoms with Crippen molar-refractivity contribution < 1.29 is 34.2 Å². The fourth-order valence-corrected chi connectivity index (χ4v) is 3.40. The predicted molar refractivity (Wildman–Crippen MR) is 113 cm³/mol. The SMILES string of the molecule is CC(O)C(N)C(=O)N1CCCC1C(=O)NC(CC(N)=O)C(=O)NC(CCCCN)C(=O)O. The van der Waals surface area contributed by atoms with Crippen LogP contribution < -0.4 is 27.8 Å². The second-order valence-electron chi connectivity index (χ2n) is 7.87. The maximum absolute atomic E-state index is 12.8. The minimum absolute atomic E-state index is 0.123. The summed E-state index contributed by atoms with van der Waals surface area (Å²) in [5, 5.41) is 23.6. The zero-order valence-corrected chi connectivity index (χ0v) is 18.2. The molecule has 1 fully saturated rings. The Labute approximate surface area is 186 Å². The van der Waals surface area contributed by atoms with Crippen LogP contribution in [0.5, 0.6) is 0 Å². The number of unbranched alkanes of at least 4 members (excludes halogenated alkanes) is 1. The van der Waals surface area contributed by atoms with Gasteiger partial charge in [-0.3, -0.25) is 19.2 Å². The van der Waals surface area contributed by atoms with Crippen molar-refractivity contribution in [2.45, 2.75) is 75.7 Å². The average molecular weight is 459 g/mol. The molecule has 0 spiro atoms. The molecule has 0 aromatic rings. The van der Waals surface area contributed by atoms with Crippen molar-refractivity contribution in [3.8, 4) is 0 Å². The third-order valence-electron chi connectivity index (χ3n) is 5.24. The van der Waals surface area contributed by atoms with Gasteiger partial charge in [0.2, 0.25) is 23.6 Å². The number of rotatable bonds is 13. The first kappa shape index (κ1) is 27.3. The summed E-state index contributed by atoms with van der Waals surface area (Å²) in [6.07, 6.45) is 0.285. The van der Waals surface area contributed by atoms with Crippen LogP contribution in [0.4, 0.5) is 0 Å². The van der Waals surface area contributed by atoms with Crippen LogP contribution in [0.3, 0.4) is 0 Å². The third kappa shape index (κ3) is 8.05. The molecule has 32 heavy (non-hydrogen) atoms. The highest BCUT2D eigenvalue weighted by atomic mass is 16.4. The van der Waals surface area contributed by atoms with Crippen LogP contribution in [-0.2, 0) is 24.0 Å². The first-order chi connectivity index (χ1) is 15.0. The number of aliphatic hydroxyl groups excluding tert-OH is 1. The van der Waals surface area contributed by atoms with Gasteiger partial charge in [-0.1, -0.05) is 0 Å². The summed E-state index contributed by atoms with van der Waals surface area (Å²) in [5.41, 5.74) is 16.3. The number of nitrogens with one attached hydrogen (secondary N) is 2. The van der Waals surface area contributed by atoms with Crippen LogP contribution in [0.15, 0.2) is 0 Å². The highest BCUT2D eigenvalue weighted by molar-refractivity contribution is 5.96. The Morgan fingerprint density at radius 2 is 1.78 bits per heavy atom. The molecule has 0 aromatic carbocycles. The second-order valence-corrected chi connectivity index (χ2v) is 7.87. The molecular weight excluding hydrogens is 424 g/mol. The zero-order valence-electron chi connectivity index (χ0n) is 18.2. The minimum Gasteiger partial charge on any atom is -0.480 e. The summed E-state index contributed by atoms with van der Waals surface area (Å²) < 4.78 is 0. The smallest absolute Gasteiger partial charge is 0.326 e. The maximum Gasteiger partial charge on any atom is 0.326 e. The fraction of sp³-hybridized carbons (Fsp3) is 0.737. The lowest BCUT2D eigenvalue weighted by atomic mass is 10.1. The molecule has 1 aliphatic rings. The number of primary amides is 1. The molecule has 0 saturated carbocycles. The van der Waals surface area contributed by atoms with Crippen LogP contribution in [0.25, 0.3) is 0 Å². The average Bonchev–Trinajstić information content (AvgIpc) is 3.20. The number of hydrogen-bond acceptors (Lipinski definition) is 8. The molecule has 13 heteroatoms. The lowest BCUT2D eigenvalue weighted by molar-refractivity contribution is -0.144. The highest BCUT2D eigenvalue weighted by Gasteiger charge is 2.39. The van der Waals surface area contributed by atoms with E-state index in [-0.39, 0.29) is 13.0 Å². The van der Waals surface area contributed by atoms with E-state index in [1.165, 1.54) is 11.8 Å². The standard InChI is InChI=1S/C19H34N6O7/c1-10(26)15(22)18(30)25-8-4-6-13(25)17(29)24-12(9-14(21)27)16(28)23-11(19(31)32)5-2-3-7-20/h10-13,15,26H,2-9,20,22H2,1H3,(H2,21,27)(H,23,28)(H,24,29)(H,31,32). The highest BCUT2D eigenvalue weighted by Crippen LogP contribution is 2.19. The number of hydrogen-bond donors (Lipinski definition) is 7. The number of carboxylic acid groups (broad SMARTS) is 1. The number of nitrogens with zero attached hydrogens (tertiary/aromatic N) is 1. The molecule has 5 atom stereocenters. The molecule has 0 aromatic heterocycles. The van der Waals surface area contributed by atoms with Gasteiger partial charge in [0.05, 0.1) is 12.5 Å². The Hall–Kier alpha value is -2.77. The van der Waals surface area contributed by atoms with E-state index in [0.717, 1.165) is 0 Å². The van der Waals surface area contributed by atoms with Gasteiger partial charge in [-0.05, 0) is 45.6 Å². The number of likely N-dealkylation sites (tertiary alicyclic amines) is 1. The largest absolute Gasteiger partial charge is 0.480 e. The van der Waals surface area contributed by atoms with Crippen LogP contribution in [0.1, 0.15) is 45.4 Å². The van der Waals surface area contributed by atoms with E-state index in [0.29, 0.717) is 32.2 Å². The Morgan fingerprint density at radius 3 is 2.31 bits per heavy atom. The molecule has 0 radical (unpaired) electrons. The number of carbonyl (C=O) groups excluding carboxylic acids is 4. The molecule has 182 valence electrons. The number of carboxylic acids is 1. The molecule has 1 heterocycles. The summed E-state index contributed by atoms with van der Waals surface area (Å²) in [6.45, 7) is 1.97. The first-order valence-corrected chi connectivity index (χ1v) is 10.6. The first-order valence-electron chi connectivity index (χ1n) is 10.6. The van der Waals surface area contributed by atoms with Crippen molar-refractivity contribution in [2.24, 2.45) is 17.2 Å². The van der Waals surface area contributed by atoms with Crippen LogP contribution in [0.2, 0.25) is 0 Å². The summed E-state index contributed by atoms with van der Waals surface area (Å²) in [5.74, 6) is -4.34. The van der Waals surface area contributed by atoms with Gasteiger partial charge in [-0.25, -0.2) is 4.79 Å². The van der Waals surface area contributed by atoms with E-state index in [1.54, 1.807) is 0 Å². The molecule has 1 aliphatic heterocycles. The third-order valence-corrected chi connectivity index (χ3v) is 5.24. The van der Waals surface area contributed by atoms with Crippen molar-refractivity contribution in [1.29, 1.82) is 0 Å². The summed E-state index contributed by atoms with van der Waals surface area (Å²) >= 11 is 0. The fourth-order valence-electron chi connectivity index (χ4n) is 3.40. The van der Waals surface area contributed by atoms with Gasteiger partial charge in [0.1, 0.15) is 24.2 Å². The number of carbonyl (C=O) groups is 5. The van der Waals surface area contributed by atoms with Gasteiger partial charge in [0, 0.05) is 6.54 Å². The van der Waals surface area contributed by atoms with E-state index in [9.17, 15) is 34.2 Å². The monoisotopic (exact) mass is 458 g/mol. The normalized spacial score (nSPS) is 19.5. The zero-order chi connectivity index (χ0) is 24.4. The molecular formula is C19H34N6O7. The second kappa shape index (κ2) is 12.9. The molecule has 13 nitrogen and oxygen atoms in total. The predicted octanol–water partition coefficient (Wildman–Crippen LogP) is -3.26. The van der Waals surface area contributed by atoms with Gasteiger partial charge in [0.25, 0.3) is 0 Å². The van der Waals surface area contributed by atoms with E-state index in [2.05, 4.69) is 10.6 Å². The molecule has 10 N–H and O–H groups in total. The van der Waals surface area contributed by atoms with Gasteiger partial charge >= 0.3 is 5.97 Å². The van der Waals surface area contributed by atoms with Crippen molar-refractivity contribution in [3.63, 3.8) is 0 Å². The lowest BCUT2D eigenvalue weighted by Gasteiger charge is -2.29. The summed E-state index contributed by atoms with van der Waals surface area (Å²) in [4.78, 5) is 62.0. The molecule has 1 rings (SSSR count). The summed E-state index contributed by atoms with van der Waals surface area (Å²) in [6, 6.07) is -4.80. The van der Waals surface area contributed by atoms with Crippen molar-refractivity contribution in [2.75, 3.05) is 13.1 Å². The van der Waals surface area contributed by atoms with Crippen LogP contribution >= 0.6 is 0 Å². The Morgan fingerprint density at radius 1 is 1.12 bits per heavy atom. The number of amides is 4. The summed E-state index contributed by atoms with van der Waals surface area (Å²) in [7, 11) is 0. The van der Waals surface area contributed by atoms with Gasteiger partial charge < -0.3 is 42.9 Å². The molecule has 5 unspecified atom stereocenters. The van der Waals surface area contributed by atoms with E-state index >= 15 is 0 Å². The van der Waals surface area contributed by atoms with Crippen molar-refractivity contribution in [3.05, 3.63) is 0 Å². The van der Waals surface area contributed by atoms with Gasteiger partial charge in [0.15, 0.2) is 0 Å². The van der Waals surface area contributed by atoms with E-state index < -0.39 is 66.3 Å². The maximum atomic E-state index is 12.8. The van der Waals surface area contributed by atoms with Gasteiger partial charge in [-0.2, -0.15) is 0 Å².